The summed E-state index contributed by atoms with van der Waals surface area (Å²) >= 11 is 12.2. The predicted octanol–water partition coefficient (Wildman–Crippen LogP) is 4.91. The number of hydrogen-bond acceptors (Lipinski definition) is 5. The molecule has 3 aromatic carbocycles. The van der Waals surface area contributed by atoms with Gasteiger partial charge in [-0.2, -0.15) is 0 Å². The Bertz CT molecular complexity index is 1280. The molecule has 10 heteroatoms. The van der Waals surface area contributed by atoms with Crippen LogP contribution in [0.3, 0.4) is 0 Å². The molecule has 0 aliphatic carbocycles. The molecular weight excluding hydrogens is 499 g/mol. The van der Waals surface area contributed by atoms with Crippen LogP contribution < -0.4 is 19.1 Å². The van der Waals surface area contributed by atoms with E-state index < -0.39 is 15.9 Å². The van der Waals surface area contributed by atoms with Crippen molar-refractivity contribution >= 4 is 44.8 Å². The van der Waals surface area contributed by atoms with Crippen molar-refractivity contribution in [2.45, 2.75) is 13.1 Å². The van der Waals surface area contributed by atoms with Crippen LogP contribution in [0.4, 0.5) is 5.69 Å². The van der Waals surface area contributed by atoms with Gasteiger partial charge < -0.3 is 14.8 Å². The van der Waals surface area contributed by atoms with Gasteiger partial charge in [-0.1, -0.05) is 53.5 Å². The topological polar surface area (TPSA) is 84.9 Å². The highest BCUT2D eigenvalue weighted by molar-refractivity contribution is 7.92. The van der Waals surface area contributed by atoms with Crippen molar-refractivity contribution in [1.29, 1.82) is 0 Å². The molecule has 0 atom stereocenters. The van der Waals surface area contributed by atoms with E-state index in [-0.39, 0.29) is 35.8 Å². The summed E-state index contributed by atoms with van der Waals surface area (Å²) in [5, 5.41) is 3.84. The molecule has 34 heavy (non-hydrogen) atoms. The maximum Gasteiger partial charge on any atom is 0.253 e. The van der Waals surface area contributed by atoms with Crippen molar-refractivity contribution in [1.82, 2.24) is 5.32 Å². The van der Waals surface area contributed by atoms with E-state index in [1.165, 1.54) is 26.4 Å². The normalized spacial score (nSPS) is 11.1. The number of carbonyl (C=O) groups is 1. The van der Waals surface area contributed by atoms with Crippen LogP contribution in [0.25, 0.3) is 0 Å². The molecule has 0 fully saturated rings. The van der Waals surface area contributed by atoms with Gasteiger partial charge in [0.1, 0.15) is 0 Å². The molecule has 1 amide bonds. The first-order valence-corrected chi connectivity index (χ1v) is 12.7. The molecule has 0 bridgehead atoms. The number of amides is 1. The van der Waals surface area contributed by atoms with Gasteiger partial charge in [-0.3, -0.25) is 9.10 Å². The van der Waals surface area contributed by atoms with Crippen molar-refractivity contribution in [3.63, 3.8) is 0 Å². The Morgan fingerprint density at radius 1 is 0.971 bits per heavy atom. The van der Waals surface area contributed by atoms with E-state index in [1.807, 2.05) is 6.07 Å². The second kappa shape index (κ2) is 11.0. The Labute approximate surface area is 209 Å². The number of hydrogen-bond donors (Lipinski definition) is 1. The molecule has 0 aliphatic rings. The molecule has 0 radical (unpaired) electrons. The van der Waals surface area contributed by atoms with Crippen molar-refractivity contribution in [3.8, 4) is 11.5 Å². The number of benzene rings is 3. The summed E-state index contributed by atoms with van der Waals surface area (Å²) in [6, 6.07) is 16.8. The van der Waals surface area contributed by atoms with E-state index in [2.05, 4.69) is 5.32 Å². The number of nitrogens with one attached hydrogen (secondary N) is 1. The van der Waals surface area contributed by atoms with Crippen LogP contribution in [0.5, 0.6) is 11.5 Å². The Kier molecular flexibility index (Phi) is 8.30. The van der Waals surface area contributed by atoms with Crippen LogP contribution in [0.1, 0.15) is 21.5 Å². The third kappa shape index (κ3) is 6.14. The highest BCUT2D eigenvalue weighted by Crippen LogP contribution is 2.37. The molecule has 1 N–H and O–H groups in total. The minimum absolute atomic E-state index is 0.0176. The Morgan fingerprint density at radius 3 is 2.18 bits per heavy atom. The Morgan fingerprint density at radius 2 is 1.59 bits per heavy atom. The fourth-order valence-electron chi connectivity index (χ4n) is 3.31. The number of methoxy groups -OCH3 is 2. The van der Waals surface area contributed by atoms with Crippen molar-refractivity contribution in [3.05, 3.63) is 87.4 Å². The summed E-state index contributed by atoms with van der Waals surface area (Å²) in [5.41, 5.74) is 1.66. The third-order valence-electron chi connectivity index (χ3n) is 5.05. The van der Waals surface area contributed by atoms with Gasteiger partial charge in [0.25, 0.3) is 5.91 Å². The number of rotatable bonds is 9. The van der Waals surface area contributed by atoms with Crippen molar-refractivity contribution < 1.29 is 22.7 Å². The fraction of sp³-hybridized carbons (Fsp3) is 0.208. The summed E-state index contributed by atoms with van der Waals surface area (Å²) in [7, 11) is -0.929. The van der Waals surface area contributed by atoms with Gasteiger partial charge in [0.2, 0.25) is 10.0 Å². The lowest BCUT2D eigenvalue weighted by atomic mass is 10.1. The van der Waals surface area contributed by atoms with E-state index in [9.17, 15) is 13.2 Å². The van der Waals surface area contributed by atoms with Gasteiger partial charge in [-0.25, -0.2) is 8.42 Å². The average Bonchev–Trinajstić information content (AvgIpc) is 2.81. The molecule has 3 rings (SSSR count). The maximum absolute atomic E-state index is 13.3. The monoisotopic (exact) mass is 522 g/mol. The molecule has 7 nitrogen and oxygen atoms in total. The van der Waals surface area contributed by atoms with Gasteiger partial charge in [0.15, 0.2) is 11.5 Å². The molecule has 0 saturated carbocycles. The number of carbonyl (C=O) groups excluding carboxylic acids is 1. The fourth-order valence-corrected chi connectivity index (χ4v) is 4.53. The first kappa shape index (κ1) is 25.7. The molecule has 3 aromatic rings. The summed E-state index contributed by atoms with van der Waals surface area (Å²) in [4.78, 5) is 13.3. The van der Waals surface area contributed by atoms with Crippen LogP contribution in [-0.4, -0.2) is 34.8 Å². The Hall–Kier alpha value is -2.94. The van der Waals surface area contributed by atoms with Crippen LogP contribution in [0.2, 0.25) is 10.0 Å². The highest BCUT2D eigenvalue weighted by Gasteiger charge is 2.26. The number of ether oxygens (including phenoxy) is 2. The van der Waals surface area contributed by atoms with Gasteiger partial charge in [0, 0.05) is 22.7 Å². The number of nitrogens with zero attached hydrogens (tertiary/aromatic N) is 1. The summed E-state index contributed by atoms with van der Waals surface area (Å²) in [5.74, 6) is 0.0691. The lowest BCUT2D eigenvalue weighted by Crippen LogP contribution is -2.32. The Balaban J connectivity index is 2.06. The first-order valence-electron chi connectivity index (χ1n) is 10.1. The smallest absolute Gasteiger partial charge is 0.253 e. The minimum Gasteiger partial charge on any atom is -0.493 e. The van der Waals surface area contributed by atoms with Gasteiger partial charge in [0.05, 0.1) is 38.3 Å². The standard InChI is InChI=1S/C24H24Cl2N2O5S/c1-32-22-12-19(24(29)27-14-17-6-4-5-7-20(17)26)21(13-23(22)33-2)28(34(3,30)31)15-16-8-10-18(25)11-9-16/h4-13H,14-15H2,1-3H3,(H,27,29). The summed E-state index contributed by atoms with van der Waals surface area (Å²) in [6.45, 7) is 0.138. The van der Waals surface area contributed by atoms with Crippen LogP contribution in [0.15, 0.2) is 60.7 Å². The van der Waals surface area contributed by atoms with E-state index in [4.69, 9.17) is 32.7 Å². The number of halogens is 2. The summed E-state index contributed by atoms with van der Waals surface area (Å²) < 4.78 is 37.5. The largest absolute Gasteiger partial charge is 0.493 e. The van der Waals surface area contributed by atoms with Crippen LogP contribution in [0, 0.1) is 0 Å². The third-order valence-corrected chi connectivity index (χ3v) is 6.80. The molecule has 0 aliphatic heterocycles. The molecule has 0 spiro atoms. The number of sulfonamides is 1. The second-order valence-corrected chi connectivity index (χ2v) is 10.1. The van der Waals surface area contributed by atoms with Crippen LogP contribution >= 0.6 is 23.2 Å². The molecule has 0 heterocycles. The SMILES string of the molecule is COc1cc(C(=O)NCc2ccccc2Cl)c(N(Cc2ccc(Cl)cc2)S(C)(=O)=O)cc1OC. The lowest BCUT2D eigenvalue weighted by Gasteiger charge is -2.26. The predicted molar refractivity (Wildman–Crippen MR) is 135 cm³/mol. The van der Waals surface area contributed by atoms with E-state index in [0.717, 1.165) is 16.1 Å². The second-order valence-electron chi connectivity index (χ2n) is 7.39. The van der Waals surface area contributed by atoms with E-state index >= 15 is 0 Å². The number of anilines is 1. The summed E-state index contributed by atoms with van der Waals surface area (Å²) in [6.07, 6.45) is 1.07. The van der Waals surface area contributed by atoms with Gasteiger partial charge >= 0.3 is 0 Å². The quantitative estimate of drug-likeness (QED) is 0.431. The average molecular weight is 523 g/mol. The van der Waals surface area contributed by atoms with Crippen LogP contribution in [-0.2, 0) is 23.1 Å². The van der Waals surface area contributed by atoms with E-state index in [0.29, 0.717) is 15.6 Å². The van der Waals surface area contributed by atoms with Gasteiger partial charge in [-0.15, -0.1) is 0 Å². The van der Waals surface area contributed by atoms with Gasteiger partial charge in [-0.05, 0) is 35.4 Å². The highest BCUT2D eigenvalue weighted by atomic mass is 35.5. The molecule has 0 unspecified atom stereocenters. The van der Waals surface area contributed by atoms with Crippen molar-refractivity contribution in [2.24, 2.45) is 0 Å². The molecule has 0 aromatic heterocycles. The van der Waals surface area contributed by atoms with E-state index in [1.54, 1.807) is 42.5 Å². The van der Waals surface area contributed by atoms with Crippen molar-refractivity contribution in [2.75, 3.05) is 24.8 Å². The maximum atomic E-state index is 13.3. The minimum atomic E-state index is -3.80. The molecule has 0 saturated heterocycles. The zero-order valence-electron chi connectivity index (χ0n) is 18.8. The zero-order chi connectivity index (χ0) is 24.9. The molecule has 180 valence electrons. The first-order chi connectivity index (χ1) is 16.1. The molecular formula is C24H24Cl2N2O5S. The zero-order valence-corrected chi connectivity index (χ0v) is 21.2. The lowest BCUT2D eigenvalue weighted by molar-refractivity contribution is 0.0951.